The molecule has 1 amide bonds. The lowest BCUT2D eigenvalue weighted by Crippen LogP contribution is -2.18. The minimum absolute atomic E-state index is 0.0696. The van der Waals surface area contributed by atoms with Crippen LogP contribution in [-0.4, -0.2) is 11.9 Å². The van der Waals surface area contributed by atoms with Crippen LogP contribution in [0, 0.1) is 0 Å². The number of rotatable bonds is 0. The van der Waals surface area contributed by atoms with Crippen molar-refractivity contribution in [2.45, 2.75) is 18.5 Å². The monoisotopic (exact) mass is 330 g/mol. The van der Waals surface area contributed by atoms with Gasteiger partial charge in [0.15, 0.2) is 0 Å². The first-order valence-corrected chi connectivity index (χ1v) is 9.04. The van der Waals surface area contributed by atoms with Gasteiger partial charge in [-0.25, -0.2) is 0 Å². The molecular formula is C20H14N2OS. The molecule has 24 heavy (non-hydrogen) atoms. The average Bonchev–Trinajstić information content (AvgIpc) is 3.27. The molecule has 6 rings (SSSR count). The fraction of sp³-hybridized carbons (Fsp3) is 0.150. The summed E-state index contributed by atoms with van der Waals surface area (Å²) in [5.41, 5.74) is 4.62. The molecule has 2 aromatic carbocycles. The van der Waals surface area contributed by atoms with Crippen LogP contribution in [0.25, 0.3) is 20.2 Å². The van der Waals surface area contributed by atoms with E-state index in [2.05, 4.69) is 59.2 Å². The van der Waals surface area contributed by atoms with Crippen molar-refractivity contribution in [1.29, 1.82) is 0 Å². The zero-order chi connectivity index (χ0) is 15.8. The van der Waals surface area contributed by atoms with Crippen LogP contribution in [0.5, 0.6) is 0 Å². The number of hydrogen-bond donors (Lipinski definition) is 2. The first-order valence-electron chi connectivity index (χ1n) is 8.22. The van der Waals surface area contributed by atoms with Crippen LogP contribution in [0.3, 0.4) is 0 Å². The van der Waals surface area contributed by atoms with E-state index in [0.717, 1.165) is 10.9 Å². The summed E-state index contributed by atoms with van der Waals surface area (Å²) in [4.78, 5) is 12.6. The standard InChI is InChI=1S/C20H14N2OS/c23-20-17-12(9-21-20)15-10-5-1-3-7-13(10)22-18(15)19-16(17)11-6-2-4-8-14(11)24-19/h1-8,10,13,22H,9H2,(H,21,23). The van der Waals surface area contributed by atoms with Crippen LogP contribution in [0.2, 0.25) is 0 Å². The lowest BCUT2D eigenvalue weighted by molar-refractivity contribution is 0.0967. The molecule has 1 aliphatic carbocycles. The fourth-order valence-corrected chi connectivity index (χ4v) is 5.65. The molecule has 2 unspecified atom stereocenters. The Labute approximate surface area is 142 Å². The molecular weight excluding hydrogens is 316 g/mol. The highest BCUT2D eigenvalue weighted by Crippen LogP contribution is 2.51. The highest BCUT2D eigenvalue weighted by molar-refractivity contribution is 7.26. The molecule has 0 fully saturated rings. The Morgan fingerprint density at radius 1 is 1.12 bits per heavy atom. The van der Waals surface area contributed by atoms with E-state index in [1.807, 2.05) is 0 Å². The van der Waals surface area contributed by atoms with Crippen LogP contribution < -0.4 is 10.6 Å². The molecule has 0 saturated heterocycles. The molecule has 0 bridgehead atoms. The molecule has 116 valence electrons. The smallest absolute Gasteiger partial charge is 0.252 e. The van der Waals surface area contributed by atoms with Crippen molar-refractivity contribution in [2.24, 2.45) is 0 Å². The summed E-state index contributed by atoms with van der Waals surface area (Å²) >= 11 is 1.79. The second-order valence-electron chi connectivity index (χ2n) is 6.59. The van der Waals surface area contributed by atoms with E-state index in [-0.39, 0.29) is 5.91 Å². The molecule has 3 heterocycles. The SMILES string of the molecule is O=C1NCc2c3c(c4sc5ccccc5c4c21)NC1C=CC=CC31. The first-order chi connectivity index (χ1) is 11.8. The molecule has 3 aromatic rings. The van der Waals surface area contributed by atoms with Gasteiger partial charge in [-0.3, -0.25) is 4.79 Å². The Morgan fingerprint density at radius 2 is 2.00 bits per heavy atom. The number of thiophene rings is 1. The summed E-state index contributed by atoms with van der Waals surface area (Å²) in [6.45, 7) is 0.638. The van der Waals surface area contributed by atoms with Gasteiger partial charge in [-0.15, -0.1) is 11.3 Å². The Kier molecular flexibility index (Phi) is 2.28. The molecule has 4 heteroatoms. The van der Waals surface area contributed by atoms with Gasteiger partial charge in [0.05, 0.1) is 22.0 Å². The second-order valence-corrected chi connectivity index (χ2v) is 7.65. The van der Waals surface area contributed by atoms with E-state index in [0.29, 0.717) is 18.5 Å². The van der Waals surface area contributed by atoms with Gasteiger partial charge in [-0.2, -0.15) is 0 Å². The maximum absolute atomic E-state index is 12.6. The number of carbonyl (C=O) groups excluding carboxylic acids is 1. The quantitative estimate of drug-likeness (QED) is 0.645. The summed E-state index contributed by atoms with van der Waals surface area (Å²) in [7, 11) is 0. The van der Waals surface area contributed by atoms with E-state index < -0.39 is 0 Å². The second kappa shape index (κ2) is 4.28. The highest BCUT2D eigenvalue weighted by Gasteiger charge is 2.39. The van der Waals surface area contributed by atoms with Crippen molar-refractivity contribution in [3.8, 4) is 0 Å². The van der Waals surface area contributed by atoms with Gasteiger partial charge >= 0.3 is 0 Å². The van der Waals surface area contributed by atoms with E-state index in [1.54, 1.807) is 11.3 Å². The molecule has 2 atom stereocenters. The predicted molar refractivity (Wildman–Crippen MR) is 98.9 cm³/mol. The molecule has 1 aromatic heterocycles. The van der Waals surface area contributed by atoms with Gasteiger partial charge in [0.1, 0.15) is 0 Å². The van der Waals surface area contributed by atoms with E-state index in [1.165, 1.54) is 31.6 Å². The van der Waals surface area contributed by atoms with Gasteiger partial charge in [0, 0.05) is 27.9 Å². The number of amides is 1. The van der Waals surface area contributed by atoms with Crippen molar-refractivity contribution < 1.29 is 4.79 Å². The van der Waals surface area contributed by atoms with Crippen molar-refractivity contribution in [3.05, 3.63) is 65.3 Å². The van der Waals surface area contributed by atoms with Gasteiger partial charge in [-0.1, -0.05) is 42.5 Å². The Morgan fingerprint density at radius 3 is 2.96 bits per heavy atom. The number of hydrogen-bond acceptors (Lipinski definition) is 3. The Hall–Kier alpha value is -2.59. The summed E-state index contributed by atoms with van der Waals surface area (Å²) < 4.78 is 2.46. The van der Waals surface area contributed by atoms with Gasteiger partial charge in [0.25, 0.3) is 5.91 Å². The molecule has 2 N–H and O–H groups in total. The minimum atomic E-state index is 0.0696. The number of nitrogens with one attached hydrogen (secondary N) is 2. The number of benzene rings is 2. The number of carbonyl (C=O) groups is 1. The van der Waals surface area contributed by atoms with Crippen LogP contribution in [0.1, 0.15) is 27.4 Å². The third kappa shape index (κ3) is 1.41. The highest BCUT2D eigenvalue weighted by atomic mass is 32.1. The maximum Gasteiger partial charge on any atom is 0.252 e. The predicted octanol–water partition coefficient (Wildman–Crippen LogP) is 4.30. The van der Waals surface area contributed by atoms with Crippen molar-refractivity contribution >= 4 is 43.1 Å². The molecule has 0 saturated carbocycles. The van der Waals surface area contributed by atoms with Crippen LogP contribution in [0.15, 0.2) is 48.6 Å². The van der Waals surface area contributed by atoms with Crippen molar-refractivity contribution in [3.63, 3.8) is 0 Å². The van der Waals surface area contributed by atoms with Crippen molar-refractivity contribution in [2.75, 3.05) is 5.32 Å². The van der Waals surface area contributed by atoms with Gasteiger partial charge < -0.3 is 10.6 Å². The largest absolute Gasteiger partial charge is 0.376 e. The molecule has 2 aliphatic heterocycles. The third-order valence-corrected chi connectivity index (χ3v) is 6.59. The Bertz CT molecular complexity index is 1120. The summed E-state index contributed by atoms with van der Waals surface area (Å²) in [5.74, 6) is 0.390. The van der Waals surface area contributed by atoms with Crippen LogP contribution in [-0.2, 0) is 6.54 Å². The number of anilines is 1. The third-order valence-electron chi connectivity index (χ3n) is 5.40. The molecule has 0 radical (unpaired) electrons. The van der Waals surface area contributed by atoms with Crippen molar-refractivity contribution in [1.82, 2.24) is 5.32 Å². The first kappa shape index (κ1) is 12.8. The molecule has 3 nitrogen and oxygen atoms in total. The maximum atomic E-state index is 12.6. The van der Waals surface area contributed by atoms with Crippen LogP contribution in [0.4, 0.5) is 5.69 Å². The number of allylic oxidation sites excluding steroid dienone is 2. The topological polar surface area (TPSA) is 41.1 Å². The lowest BCUT2D eigenvalue weighted by atomic mass is 9.86. The van der Waals surface area contributed by atoms with E-state index in [4.69, 9.17) is 0 Å². The number of fused-ring (bicyclic) bond motifs is 10. The minimum Gasteiger partial charge on any atom is -0.376 e. The summed E-state index contributed by atoms with van der Waals surface area (Å²) in [6, 6.07) is 8.69. The van der Waals surface area contributed by atoms with Gasteiger partial charge in [0.2, 0.25) is 0 Å². The molecule has 3 aliphatic rings. The summed E-state index contributed by atoms with van der Waals surface area (Å²) in [6.07, 6.45) is 8.70. The van der Waals surface area contributed by atoms with E-state index in [9.17, 15) is 4.79 Å². The van der Waals surface area contributed by atoms with Crippen LogP contribution >= 0.6 is 11.3 Å². The fourth-order valence-electron chi connectivity index (χ4n) is 4.42. The van der Waals surface area contributed by atoms with E-state index >= 15 is 0 Å². The lowest BCUT2D eigenvalue weighted by Gasteiger charge is -2.16. The summed E-state index contributed by atoms with van der Waals surface area (Å²) in [5, 5.41) is 9.09. The molecule has 0 spiro atoms. The zero-order valence-corrected chi connectivity index (χ0v) is 13.6. The zero-order valence-electron chi connectivity index (χ0n) is 12.8. The average molecular weight is 330 g/mol. The van der Waals surface area contributed by atoms with Gasteiger partial charge in [-0.05, 0) is 17.2 Å². The Balaban J connectivity index is 1.83. The normalized spacial score (nSPS) is 23.2.